The van der Waals surface area contributed by atoms with Gasteiger partial charge in [0.1, 0.15) is 0 Å². The molecule has 2 aromatic rings. The maximum atomic E-state index is 14.5. The lowest BCUT2D eigenvalue weighted by atomic mass is 9.82. The van der Waals surface area contributed by atoms with Gasteiger partial charge in [-0.2, -0.15) is 27.2 Å². The Balaban J connectivity index is 2.63. The summed E-state index contributed by atoms with van der Waals surface area (Å²) in [6.45, 7) is 0. The third-order valence-corrected chi connectivity index (χ3v) is 3.62. The lowest BCUT2D eigenvalue weighted by molar-refractivity contribution is -0.324. The average Bonchev–Trinajstić information content (AvgIpc) is 2.60. The van der Waals surface area contributed by atoms with E-state index < -0.39 is 34.6 Å². The number of alkyl halides is 5. The Bertz CT molecular complexity index is 810. The number of benzene rings is 2. The predicted molar refractivity (Wildman–Crippen MR) is 76.8 cm³/mol. The Morgan fingerprint density at radius 1 is 0.920 bits per heavy atom. The van der Waals surface area contributed by atoms with Crippen LogP contribution in [0.15, 0.2) is 54.6 Å². The summed E-state index contributed by atoms with van der Waals surface area (Å²) in [5.41, 5.74) is -6.76. The van der Waals surface area contributed by atoms with Crippen molar-refractivity contribution in [3.8, 4) is 6.07 Å². The van der Waals surface area contributed by atoms with Gasteiger partial charge in [0, 0.05) is 5.56 Å². The van der Waals surface area contributed by atoms with E-state index in [0.29, 0.717) is 12.1 Å². The van der Waals surface area contributed by atoms with E-state index in [9.17, 15) is 31.9 Å². The molecule has 0 aromatic heterocycles. The normalized spacial score (nSPS) is 14.4. The topological polar surface area (TPSA) is 61.1 Å². The van der Waals surface area contributed by atoms with E-state index in [4.69, 9.17) is 5.26 Å². The molecule has 130 valence electrons. The van der Waals surface area contributed by atoms with Crippen LogP contribution in [0.4, 0.5) is 22.0 Å². The van der Waals surface area contributed by atoms with Gasteiger partial charge in [0.2, 0.25) is 5.78 Å². The highest BCUT2D eigenvalue weighted by molar-refractivity contribution is 6.02. The Morgan fingerprint density at radius 3 is 1.88 bits per heavy atom. The van der Waals surface area contributed by atoms with E-state index in [1.54, 1.807) is 6.07 Å². The first kappa shape index (κ1) is 18.5. The van der Waals surface area contributed by atoms with Crippen molar-refractivity contribution in [3.05, 3.63) is 71.3 Å². The highest BCUT2D eigenvalue weighted by atomic mass is 19.4. The number of nitrogens with zero attached hydrogens (tertiary/aromatic N) is 1. The number of Topliss-reactive ketones (excluding diaryl/α,β-unsaturated/α-hetero) is 1. The lowest BCUT2D eigenvalue weighted by Crippen LogP contribution is -2.59. The van der Waals surface area contributed by atoms with Crippen LogP contribution in [-0.4, -0.2) is 23.0 Å². The van der Waals surface area contributed by atoms with E-state index in [-0.39, 0.29) is 5.56 Å². The summed E-state index contributed by atoms with van der Waals surface area (Å²) in [5, 5.41) is 18.6. The van der Waals surface area contributed by atoms with Crippen LogP contribution in [0.5, 0.6) is 0 Å². The first-order chi connectivity index (χ1) is 11.6. The standard InChI is InChI=1S/C17H10F5NO2/c18-16(19,14(24)12-4-2-1-3-5-12)15(25,17(20,21)22)13-8-6-11(10-23)7-9-13/h1-9,25H. The zero-order valence-electron chi connectivity index (χ0n) is 12.4. The van der Waals surface area contributed by atoms with Crippen molar-refractivity contribution in [3.63, 3.8) is 0 Å². The van der Waals surface area contributed by atoms with Gasteiger partial charge >= 0.3 is 12.1 Å². The second kappa shape index (κ2) is 6.26. The van der Waals surface area contributed by atoms with Crippen LogP contribution in [0.1, 0.15) is 21.5 Å². The van der Waals surface area contributed by atoms with E-state index in [1.807, 2.05) is 0 Å². The fraction of sp³-hybridized carbons (Fsp3) is 0.176. The van der Waals surface area contributed by atoms with Crippen molar-refractivity contribution >= 4 is 5.78 Å². The molecule has 8 heteroatoms. The van der Waals surface area contributed by atoms with E-state index in [1.165, 1.54) is 18.2 Å². The molecule has 0 heterocycles. The molecule has 0 aliphatic carbocycles. The van der Waals surface area contributed by atoms with Gasteiger partial charge in [-0.1, -0.05) is 42.5 Å². The molecule has 0 aliphatic heterocycles. The number of rotatable bonds is 4. The third kappa shape index (κ3) is 2.98. The SMILES string of the molecule is N#Cc1ccc(C(O)(C(F)(F)F)C(F)(F)C(=O)c2ccccc2)cc1. The molecule has 0 saturated heterocycles. The van der Waals surface area contributed by atoms with Crippen molar-refractivity contribution in [2.75, 3.05) is 0 Å². The number of aliphatic hydroxyl groups is 1. The Morgan fingerprint density at radius 2 is 1.44 bits per heavy atom. The minimum absolute atomic E-state index is 0.0917. The zero-order valence-corrected chi connectivity index (χ0v) is 12.4. The van der Waals surface area contributed by atoms with Gasteiger partial charge in [-0.25, -0.2) is 0 Å². The number of hydrogen-bond donors (Lipinski definition) is 1. The summed E-state index contributed by atoms with van der Waals surface area (Å²) in [7, 11) is 0. The summed E-state index contributed by atoms with van der Waals surface area (Å²) in [6, 6.07) is 10.0. The van der Waals surface area contributed by atoms with Gasteiger partial charge in [-0.3, -0.25) is 4.79 Å². The molecule has 0 saturated carbocycles. The summed E-state index contributed by atoms with van der Waals surface area (Å²) in [5.74, 6) is -7.36. The van der Waals surface area contributed by atoms with E-state index in [2.05, 4.69) is 0 Å². The molecular formula is C17H10F5NO2. The molecule has 2 aromatic carbocycles. The average molecular weight is 355 g/mol. The summed E-state index contributed by atoms with van der Waals surface area (Å²) < 4.78 is 69.3. The molecule has 1 unspecified atom stereocenters. The van der Waals surface area contributed by atoms with Gasteiger partial charge in [0.25, 0.3) is 5.60 Å². The molecular weight excluding hydrogens is 345 g/mol. The predicted octanol–water partition coefficient (Wildman–Crippen LogP) is 3.83. The molecule has 3 nitrogen and oxygen atoms in total. The largest absolute Gasteiger partial charge is 0.428 e. The van der Waals surface area contributed by atoms with Crippen molar-refractivity contribution in [1.29, 1.82) is 5.26 Å². The minimum Gasteiger partial charge on any atom is -0.371 e. The second-order valence-electron chi connectivity index (χ2n) is 5.17. The van der Waals surface area contributed by atoms with Crippen molar-refractivity contribution in [2.45, 2.75) is 17.7 Å². The molecule has 0 bridgehead atoms. The van der Waals surface area contributed by atoms with Gasteiger partial charge < -0.3 is 5.11 Å². The molecule has 0 aliphatic rings. The van der Waals surface area contributed by atoms with Crippen LogP contribution in [0.25, 0.3) is 0 Å². The number of carbonyl (C=O) groups excluding carboxylic acids is 1. The van der Waals surface area contributed by atoms with E-state index >= 15 is 0 Å². The fourth-order valence-electron chi connectivity index (χ4n) is 2.24. The fourth-order valence-corrected chi connectivity index (χ4v) is 2.24. The summed E-state index contributed by atoms with van der Waals surface area (Å²) >= 11 is 0. The minimum atomic E-state index is -5.85. The number of ketones is 1. The molecule has 0 amide bonds. The maximum Gasteiger partial charge on any atom is 0.428 e. The molecule has 25 heavy (non-hydrogen) atoms. The molecule has 2 rings (SSSR count). The number of nitriles is 1. The first-order valence-corrected chi connectivity index (χ1v) is 6.83. The van der Waals surface area contributed by atoms with Crippen LogP contribution in [0.2, 0.25) is 0 Å². The van der Waals surface area contributed by atoms with Gasteiger partial charge in [0.05, 0.1) is 11.6 Å². The quantitative estimate of drug-likeness (QED) is 0.670. The van der Waals surface area contributed by atoms with Crippen molar-refractivity contribution < 1.29 is 31.9 Å². The van der Waals surface area contributed by atoms with Crippen molar-refractivity contribution in [1.82, 2.24) is 0 Å². The summed E-state index contributed by atoms with van der Waals surface area (Å²) in [4.78, 5) is 12.0. The summed E-state index contributed by atoms with van der Waals surface area (Å²) in [6.07, 6.45) is -5.85. The molecule has 1 N–H and O–H groups in total. The highest BCUT2D eigenvalue weighted by Gasteiger charge is 2.73. The maximum absolute atomic E-state index is 14.5. The first-order valence-electron chi connectivity index (χ1n) is 6.83. The van der Waals surface area contributed by atoms with Gasteiger partial charge in [-0.15, -0.1) is 0 Å². The van der Waals surface area contributed by atoms with Crippen LogP contribution in [0, 0.1) is 11.3 Å². The van der Waals surface area contributed by atoms with Crippen LogP contribution in [0.3, 0.4) is 0 Å². The third-order valence-electron chi connectivity index (χ3n) is 3.62. The van der Waals surface area contributed by atoms with Gasteiger partial charge in [-0.05, 0) is 17.7 Å². The zero-order chi connectivity index (χ0) is 18.9. The Hall–Kier alpha value is -2.79. The monoisotopic (exact) mass is 355 g/mol. The van der Waals surface area contributed by atoms with E-state index in [0.717, 1.165) is 24.3 Å². The highest BCUT2D eigenvalue weighted by Crippen LogP contribution is 2.50. The lowest BCUT2D eigenvalue weighted by Gasteiger charge is -2.36. The molecule has 0 fully saturated rings. The number of halogens is 5. The van der Waals surface area contributed by atoms with Crippen LogP contribution >= 0.6 is 0 Å². The Labute approximate surface area is 138 Å². The molecule has 0 spiro atoms. The second-order valence-corrected chi connectivity index (χ2v) is 5.17. The van der Waals surface area contributed by atoms with Gasteiger partial charge in [0.15, 0.2) is 0 Å². The smallest absolute Gasteiger partial charge is 0.371 e. The Kier molecular flexibility index (Phi) is 4.64. The number of carbonyl (C=O) groups is 1. The number of hydrogen-bond acceptors (Lipinski definition) is 3. The van der Waals surface area contributed by atoms with Crippen LogP contribution in [-0.2, 0) is 5.60 Å². The molecule has 1 atom stereocenters. The molecule has 0 radical (unpaired) electrons. The van der Waals surface area contributed by atoms with Crippen molar-refractivity contribution in [2.24, 2.45) is 0 Å². The van der Waals surface area contributed by atoms with Crippen LogP contribution < -0.4 is 0 Å².